The van der Waals surface area contributed by atoms with Crippen molar-refractivity contribution in [2.24, 2.45) is 0 Å². The number of aromatic amines is 2. The summed E-state index contributed by atoms with van der Waals surface area (Å²) < 4.78 is 0. The molecule has 0 spiro atoms. The summed E-state index contributed by atoms with van der Waals surface area (Å²) >= 11 is 13.8. The van der Waals surface area contributed by atoms with Crippen LogP contribution >= 0.6 is 34.5 Å². The van der Waals surface area contributed by atoms with Crippen molar-refractivity contribution in [2.75, 3.05) is 5.32 Å². The second-order valence-electron chi connectivity index (χ2n) is 6.73. The van der Waals surface area contributed by atoms with Gasteiger partial charge in [-0.15, -0.1) is 11.3 Å². The van der Waals surface area contributed by atoms with Crippen LogP contribution in [0, 0.1) is 0 Å². The average molecular weight is 471 g/mol. The van der Waals surface area contributed by atoms with E-state index >= 15 is 0 Å². The van der Waals surface area contributed by atoms with Crippen LogP contribution in [-0.4, -0.2) is 26.0 Å². The van der Waals surface area contributed by atoms with Crippen LogP contribution in [0.2, 0.25) is 10.0 Å². The lowest BCUT2D eigenvalue weighted by Crippen LogP contribution is -2.07. The number of para-hydroxylation sites is 1. The maximum Gasteiger partial charge on any atom is 0.337 e. The SMILES string of the molecule is O=C(O)c1c[nH]c2c(=O)[nH]c3ccc(-c4csc(Nc5c(Cl)cccc5Cl)n4)cc3c12. The van der Waals surface area contributed by atoms with Crippen molar-refractivity contribution in [3.8, 4) is 11.3 Å². The van der Waals surface area contributed by atoms with Gasteiger partial charge in [-0.3, -0.25) is 4.79 Å². The van der Waals surface area contributed by atoms with Gasteiger partial charge in [0.25, 0.3) is 5.56 Å². The number of nitrogens with one attached hydrogen (secondary N) is 3. The van der Waals surface area contributed by atoms with Crippen molar-refractivity contribution in [3.05, 3.63) is 73.9 Å². The summed E-state index contributed by atoms with van der Waals surface area (Å²) in [5, 5.41) is 17.1. The van der Waals surface area contributed by atoms with Gasteiger partial charge in [0.2, 0.25) is 0 Å². The minimum Gasteiger partial charge on any atom is -0.478 e. The molecule has 5 aromatic rings. The van der Waals surface area contributed by atoms with Gasteiger partial charge in [-0.2, -0.15) is 0 Å². The highest BCUT2D eigenvalue weighted by molar-refractivity contribution is 7.14. The number of H-pyrrole nitrogens is 2. The van der Waals surface area contributed by atoms with E-state index in [9.17, 15) is 14.7 Å². The zero-order chi connectivity index (χ0) is 21.7. The molecule has 2 aromatic carbocycles. The lowest BCUT2D eigenvalue weighted by molar-refractivity contribution is 0.0699. The topological polar surface area (TPSA) is 111 Å². The third-order valence-electron chi connectivity index (χ3n) is 4.87. The number of halogens is 2. The van der Waals surface area contributed by atoms with E-state index in [0.717, 1.165) is 5.56 Å². The molecule has 31 heavy (non-hydrogen) atoms. The summed E-state index contributed by atoms with van der Waals surface area (Å²) in [6.45, 7) is 0. The minimum absolute atomic E-state index is 0.0391. The van der Waals surface area contributed by atoms with Crippen molar-refractivity contribution in [1.82, 2.24) is 15.0 Å². The standard InChI is InChI=1S/C21H12Cl2N4O3S/c22-12-2-1-3-13(23)17(12)27-21-26-15(8-31-21)9-4-5-14-10(6-9)16-11(20(29)30)7-24-18(16)19(28)25-14/h1-8,24H,(H,25,28)(H,26,27)(H,29,30). The van der Waals surface area contributed by atoms with Gasteiger partial charge < -0.3 is 20.4 Å². The molecule has 0 aliphatic rings. The number of hydrogen-bond donors (Lipinski definition) is 4. The summed E-state index contributed by atoms with van der Waals surface area (Å²) in [7, 11) is 0. The zero-order valence-corrected chi connectivity index (χ0v) is 17.8. The summed E-state index contributed by atoms with van der Waals surface area (Å²) in [6, 6.07) is 10.6. The third kappa shape index (κ3) is 3.34. The monoisotopic (exact) mass is 470 g/mol. The number of carboxylic acid groups (broad SMARTS) is 1. The van der Waals surface area contributed by atoms with Crippen molar-refractivity contribution in [3.63, 3.8) is 0 Å². The summed E-state index contributed by atoms with van der Waals surface area (Å²) in [5.74, 6) is -1.11. The van der Waals surface area contributed by atoms with Crippen LogP contribution in [-0.2, 0) is 0 Å². The number of aromatic nitrogens is 3. The zero-order valence-electron chi connectivity index (χ0n) is 15.5. The van der Waals surface area contributed by atoms with Gasteiger partial charge in [-0.25, -0.2) is 9.78 Å². The quantitative estimate of drug-likeness (QED) is 0.262. The van der Waals surface area contributed by atoms with Crippen molar-refractivity contribution in [1.29, 1.82) is 0 Å². The number of pyridine rings is 1. The number of rotatable bonds is 4. The Bertz CT molecular complexity index is 1530. The lowest BCUT2D eigenvalue weighted by Gasteiger charge is -2.07. The van der Waals surface area contributed by atoms with Crippen LogP contribution < -0.4 is 10.9 Å². The predicted molar refractivity (Wildman–Crippen MR) is 124 cm³/mol. The third-order valence-corrected chi connectivity index (χ3v) is 6.26. The number of anilines is 2. The smallest absolute Gasteiger partial charge is 0.337 e. The highest BCUT2D eigenvalue weighted by Gasteiger charge is 2.17. The fourth-order valence-electron chi connectivity index (χ4n) is 3.44. The van der Waals surface area contributed by atoms with Crippen LogP contribution in [0.15, 0.2) is 52.8 Å². The van der Waals surface area contributed by atoms with Gasteiger partial charge in [0.15, 0.2) is 5.13 Å². The Balaban J connectivity index is 1.61. The van der Waals surface area contributed by atoms with E-state index < -0.39 is 5.97 Å². The molecule has 0 unspecified atom stereocenters. The van der Waals surface area contributed by atoms with E-state index in [1.165, 1.54) is 17.5 Å². The second-order valence-corrected chi connectivity index (χ2v) is 8.40. The van der Waals surface area contributed by atoms with E-state index in [1.54, 1.807) is 24.3 Å². The van der Waals surface area contributed by atoms with Crippen LogP contribution in [0.1, 0.15) is 10.4 Å². The molecule has 0 aliphatic heterocycles. The largest absolute Gasteiger partial charge is 0.478 e. The molecule has 3 aromatic heterocycles. The van der Waals surface area contributed by atoms with Crippen LogP contribution in [0.25, 0.3) is 33.1 Å². The van der Waals surface area contributed by atoms with Gasteiger partial charge in [-0.1, -0.05) is 35.3 Å². The molecule has 0 saturated carbocycles. The second kappa shape index (κ2) is 7.42. The van der Waals surface area contributed by atoms with E-state index in [1.807, 2.05) is 17.5 Å². The minimum atomic E-state index is -1.11. The maximum absolute atomic E-state index is 12.3. The molecule has 4 N–H and O–H groups in total. The summed E-state index contributed by atoms with van der Waals surface area (Å²) in [4.78, 5) is 34.1. The Morgan fingerprint density at radius 3 is 2.68 bits per heavy atom. The number of thiazole rings is 1. The molecule has 10 heteroatoms. The fourth-order valence-corrected chi connectivity index (χ4v) is 4.66. The van der Waals surface area contributed by atoms with Gasteiger partial charge >= 0.3 is 5.97 Å². The molecule has 0 bridgehead atoms. The molecule has 7 nitrogen and oxygen atoms in total. The first kappa shape index (κ1) is 19.6. The molecule has 0 amide bonds. The molecular weight excluding hydrogens is 459 g/mol. The number of benzene rings is 2. The molecule has 154 valence electrons. The lowest BCUT2D eigenvalue weighted by atomic mass is 10.0. The molecule has 3 heterocycles. The van der Waals surface area contributed by atoms with Crippen LogP contribution in [0.5, 0.6) is 0 Å². The van der Waals surface area contributed by atoms with Crippen molar-refractivity contribution in [2.45, 2.75) is 0 Å². The molecule has 0 radical (unpaired) electrons. The fraction of sp³-hybridized carbons (Fsp3) is 0. The normalized spacial score (nSPS) is 11.3. The Hall–Kier alpha value is -3.33. The molecule has 0 atom stereocenters. The highest BCUT2D eigenvalue weighted by atomic mass is 35.5. The summed E-state index contributed by atoms with van der Waals surface area (Å²) in [5.41, 5.74) is 2.45. The first-order chi connectivity index (χ1) is 14.9. The number of aromatic carboxylic acids is 1. The van der Waals surface area contributed by atoms with E-state index in [4.69, 9.17) is 23.2 Å². The van der Waals surface area contributed by atoms with Gasteiger partial charge in [0.1, 0.15) is 5.52 Å². The number of fused-ring (bicyclic) bond motifs is 3. The average Bonchev–Trinajstić information content (AvgIpc) is 3.39. The first-order valence-electron chi connectivity index (χ1n) is 8.99. The van der Waals surface area contributed by atoms with Crippen molar-refractivity contribution >= 4 is 73.1 Å². The Kier molecular flexibility index (Phi) is 4.70. The van der Waals surface area contributed by atoms with Crippen molar-refractivity contribution < 1.29 is 9.90 Å². The Morgan fingerprint density at radius 2 is 1.94 bits per heavy atom. The number of carbonyl (C=O) groups is 1. The molecule has 0 fully saturated rings. The first-order valence-corrected chi connectivity index (χ1v) is 10.6. The maximum atomic E-state index is 12.3. The molecule has 0 aliphatic carbocycles. The van der Waals surface area contributed by atoms with E-state index in [0.29, 0.717) is 42.8 Å². The number of carboxylic acids is 1. The number of hydrogen-bond acceptors (Lipinski definition) is 5. The van der Waals surface area contributed by atoms with Crippen LogP contribution in [0.3, 0.4) is 0 Å². The van der Waals surface area contributed by atoms with Crippen LogP contribution in [0.4, 0.5) is 10.8 Å². The van der Waals surface area contributed by atoms with Gasteiger partial charge in [0.05, 0.1) is 27.0 Å². The summed E-state index contributed by atoms with van der Waals surface area (Å²) in [6.07, 6.45) is 1.33. The van der Waals surface area contributed by atoms with E-state index in [-0.39, 0.29) is 16.6 Å². The molecule has 5 rings (SSSR count). The predicted octanol–water partition coefficient (Wildman–Crippen LogP) is 5.88. The molecule has 0 saturated heterocycles. The Morgan fingerprint density at radius 1 is 1.16 bits per heavy atom. The van der Waals surface area contributed by atoms with E-state index in [2.05, 4.69) is 20.3 Å². The highest BCUT2D eigenvalue weighted by Crippen LogP contribution is 2.35. The van der Waals surface area contributed by atoms with Gasteiger partial charge in [0, 0.05) is 33.4 Å². The number of nitrogens with zero attached hydrogens (tertiary/aromatic N) is 1. The van der Waals surface area contributed by atoms with Gasteiger partial charge in [-0.05, 0) is 24.3 Å². The Labute approximate surface area is 188 Å². The molecular formula is C21H12Cl2N4O3S.